The van der Waals surface area contributed by atoms with Gasteiger partial charge in [-0.25, -0.2) is 0 Å². The minimum absolute atomic E-state index is 0.204. The molecule has 19 heavy (non-hydrogen) atoms. The number of hydrogen-bond donors (Lipinski definition) is 2. The molecule has 1 atom stereocenters. The normalized spacial score (nSPS) is 16.9. The zero-order valence-corrected chi connectivity index (χ0v) is 11.1. The molecule has 1 aliphatic heterocycles. The van der Waals surface area contributed by atoms with E-state index < -0.39 is 0 Å². The fourth-order valence-electron chi connectivity index (χ4n) is 2.16. The molecule has 1 amide bonds. The van der Waals surface area contributed by atoms with Crippen molar-refractivity contribution < 1.29 is 9.53 Å². The van der Waals surface area contributed by atoms with Crippen molar-refractivity contribution in [2.24, 2.45) is 5.73 Å². The van der Waals surface area contributed by atoms with Crippen LogP contribution in [0.15, 0.2) is 35.7 Å². The Morgan fingerprint density at radius 3 is 3.11 bits per heavy atom. The van der Waals surface area contributed by atoms with Crippen LogP contribution in [-0.4, -0.2) is 12.5 Å². The number of rotatable bonds is 4. The Morgan fingerprint density at radius 1 is 1.47 bits per heavy atom. The smallest absolute Gasteiger partial charge is 0.249 e. The van der Waals surface area contributed by atoms with Gasteiger partial charge in [0.1, 0.15) is 12.4 Å². The van der Waals surface area contributed by atoms with Crippen LogP contribution < -0.4 is 15.8 Å². The highest BCUT2D eigenvalue weighted by molar-refractivity contribution is 7.10. The number of thiophene rings is 1. The van der Waals surface area contributed by atoms with Crippen molar-refractivity contribution in [2.45, 2.75) is 12.6 Å². The zero-order valence-electron chi connectivity index (χ0n) is 10.3. The number of benzene rings is 1. The molecule has 1 aromatic heterocycles. The predicted octanol–water partition coefficient (Wildman–Crippen LogP) is 2.07. The molecule has 4 nitrogen and oxygen atoms in total. The number of nitrogens with two attached hydrogens (primary N) is 1. The zero-order chi connectivity index (χ0) is 13.2. The number of carbonyl (C=O) groups excluding carboxylic acids is 1. The summed E-state index contributed by atoms with van der Waals surface area (Å²) >= 11 is 1.54. The summed E-state index contributed by atoms with van der Waals surface area (Å²) in [5.74, 6) is 0.570. The van der Waals surface area contributed by atoms with Crippen LogP contribution in [0, 0.1) is 0 Å². The monoisotopic (exact) mass is 274 g/mol. The number of fused-ring (bicyclic) bond motifs is 1. The van der Waals surface area contributed by atoms with E-state index >= 15 is 0 Å². The highest BCUT2D eigenvalue weighted by atomic mass is 32.1. The van der Waals surface area contributed by atoms with Gasteiger partial charge in [0.2, 0.25) is 5.91 Å². The van der Waals surface area contributed by atoms with E-state index in [1.165, 1.54) is 16.9 Å². The summed E-state index contributed by atoms with van der Waals surface area (Å²) in [6, 6.07) is 10.1. The molecular weight excluding hydrogens is 260 g/mol. The van der Waals surface area contributed by atoms with Crippen molar-refractivity contribution in [3.05, 3.63) is 51.7 Å². The predicted molar refractivity (Wildman–Crippen MR) is 74.4 cm³/mol. The molecule has 5 heteroatoms. The Kier molecular flexibility index (Phi) is 3.23. The molecule has 1 aliphatic rings. The van der Waals surface area contributed by atoms with Crippen molar-refractivity contribution in [1.82, 2.24) is 5.32 Å². The summed E-state index contributed by atoms with van der Waals surface area (Å²) in [6.07, 6.45) is 0. The van der Waals surface area contributed by atoms with Crippen LogP contribution in [0.25, 0.3) is 0 Å². The Bertz CT molecular complexity index is 609. The first-order valence-corrected chi connectivity index (χ1v) is 6.94. The Balaban J connectivity index is 1.65. The van der Waals surface area contributed by atoms with Gasteiger partial charge in [-0.3, -0.25) is 4.79 Å². The SMILES string of the molecule is NC(=O)c1csc(CNC2COc3ccccc32)c1. The molecule has 2 heterocycles. The van der Waals surface area contributed by atoms with Crippen LogP contribution in [0.1, 0.15) is 26.8 Å². The van der Waals surface area contributed by atoms with E-state index in [-0.39, 0.29) is 11.9 Å². The molecule has 0 bridgehead atoms. The van der Waals surface area contributed by atoms with Gasteiger partial charge in [-0.1, -0.05) is 18.2 Å². The molecule has 0 saturated heterocycles. The Hall–Kier alpha value is -1.85. The summed E-state index contributed by atoms with van der Waals surface area (Å²) in [5, 5.41) is 5.23. The van der Waals surface area contributed by atoms with Crippen molar-refractivity contribution >= 4 is 17.2 Å². The molecule has 0 fully saturated rings. The summed E-state index contributed by atoms with van der Waals surface area (Å²) in [4.78, 5) is 12.1. The first-order chi connectivity index (χ1) is 9.24. The second kappa shape index (κ2) is 5.03. The standard InChI is InChI=1S/C14H14N2O2S/c15-14(17)9-5-10(19-8-9)6-16-12-7-18-13-4-2-1-3-11(12)13/h1-5,8,12,16H,6-7H2,(H2,15,17). The third-order valence-electron chi connectivity index (χ3n) is 3.16. The van der Waals surface area contributed by atoms with Crippen LogP contribution in [0.2, 0.25) is 0 Å². The lowest BCUT2D eigenvalue weighted by Gasteiger charge is -2.10. The van der Waals surface area contributed by atoms with Gasteiger partial charge in [-0.2, -0.15) is 0 Å². The highest BCUT2D eigenvalue weighted by Crippen LogP contribution is 2.32. The van der Waals surface area contributed by atoms with Crippen molar-refractivity contribution in [3.63, 3.8) is 0 Å². The second-order valence-corrected chi connectivity index (χ2v) is 5.44. The first-order valence-electron chi connectivity index (χ1n) is 6.06. The van der Waals surface area contributed by atoms with Crippen LogP contribution in [0.3, 0.4) is 0 Å². The number of amides is 1. The minimum atomic E-state index is -0.378. The Morgan fingerprint density at radius 2 is 2.32 bits per heavy atom. The van der Waals surface area contributed by atoms with E-state index in [0.717, 1.165) is 10.6 Å². The lowest BCUT2D eigenvalue weighted by Crippen LogP contribution is -2.21. The van der Waals surface area contributed by atoms with Crippen LogP contribution >= 0.6 is 11.3 Å². The number of hydrogen-bond acceptors (Lipinski definition) is 4. The van der Waals surface area contributed by atoms with E-state index in [0.29, 0.717) is 18.7 Å². The molecule has 0 spiro atoms. The topological polar surface area (TPSA) is 64.4 Å². The summed E-state index contributed by atoms with van der Waals surface area (Å²) in [7, 11) is 0. The van der Waals surface area contributed by atoms with Crippen molar-refractivity contribution in [1.29, 1.82) is 0 Å². The van der Waals surface area contributed by atoms with Crippen LogP contribution in [0.4, 0.5) is 0 Å². The van der Waals surface area contributed by atoms with E-state index in [2.05, 4.69) is 11.4 Å². The maximum atomic E-state index is 11.0. The number of ether oxygens (including phenoxy) is 1. The third-order valence-corrected chi connectivity index (χ3v) is 4.10. The van der Waals surface area contributed by atoms with E-state index in [4.69, 9.17) is 10.5 Å². The minimum Gasteiger partial charge on any atom is -0.491 e. The fraction of sp³-hybridized carbons (Fsp3) is 0.214. The van der Waals surface area contributed by atoms with Gasteiger partial charge < -0.3 is 15.8 Å². The molecule has 2 aromatic rings. The molecule has 98 valence electrons. The molecule has 0 saturated carbocycles. The number of para-hydroxylation sites is 1. The lowest BCUT2D eigenvalue weighted by atomic mass is 10.1. The van der Waals surface area contributed by atoms with Gasteiger partial charge in [0.25, 0.3) is 0 Å². The fourth-order valence-corrected chi connectivity index (χ4v) is 2.98. The van der Waals surface area contributed by atoms with E-state index in [9.17, 15) is 4.79 Å². The summed E-state index contributed by atoms with van der Waals surface area (Å²) in [5.41, 5.74) is 7.00. The lowest BCUT2D eigenvalue weighted by molar-refractivity contribution is 0.100. The quantitative estimate of drug-likeness (QED) is 0.897. The third kappa shape index (κ3) is 2.47. The van der Waals surface area contributed by atoms with Gasteiger partial charge in [0, 0.05) is 22.4 Å². The number of nitrogens with one attached hydrogen (secondary N) is 1. The first kappa shape index (κ1) is 12.2. The summed E-state index contributed by atoms with van der Waals surface area (Å²) < 4.78 is 5.61. The summed E-state index contributed by atoms with van der Waals surface area (Å²) in [6.45, 7) is 1.35. The number of primary amides is 1. The van der Waals surface area contributed by atoms with Crippen molar-refractivity contribution in [3.8, 4) is 5.75 Å². The maximum absolute atomic E-state index is 11.0. The van der Waals surface area contributed by atoms with Crippen LogP contribution in [0.5, 0.6) is 5.75 Å². The van der Waals surface area contributed by atoms with Gasteiger partial charge >= 0.3 is 0 Å². The highest BCUT2D eigenvalue weighted by Gasteiger charge is 2.22. The van der Waals surface area contributed by atoms with E-state index in [1.54, 1.807) is 5.38 Å². The number of carbonyl (C=O) groups is 1. The van der Waals surface area contributed by atoms with Gasteiger partial charge in [-0.15, -0.1) is 11.3 Å². The molecule has 1 unspecified atom stereocenters. The van der Waals surface area contributed by atoms with Crippen LogP contribution in [-0.2, 0) is 6.54 Å². The largest absolute Gasteiger partial charge is 0.491 e. The molecule has 0 radical (unpaired) electrons. The molecular formula is C14H14N2O2S. The molecule has 1 aromatic carbocycles. The van der Waals surface area contributed by atoms with E-state index in [1.807, 2.05) is 24.3 Å². The molecule has 3 rings (SSSR count). The average Bonchev–Trinajstić information content (AvgIpc) is 3.03. The Labute approximate surface area is 115 Å². The molecule has 3 N–H and O–H groups in total. The van der Waals surface area contributed by atoms with Gasteiger partial charge in [0.15, 0.2) is 0 Å². The van der Waals surface area contributed by atoms with Gasteiger partial charge in [-0.05, 0) is 12.1 Å². The molecule has 0 aliphatic carbocycles. The van der Waals surface area contributed by atoms with Gasteiger partial charge in [0.05, 0.1) is 11.6 Å². The maximum Gasteiger partial charge on any atom is 0.249 e. The average molecular weight is 274 g/mol. The second-order valence-electron chi connectivity index (χ2n) is 4.45. The van der Waals surface area contributed by atoms with Crippen molar-refractivity contribution in [2.75, 3.05) is 6.61 Å².